The minimum atomic E-state index is -0.132. The summed E-state index contributed by atoms with van der Waals surface area (Å²) >= 11 is 1.91. The van der Waals surface area contributed by atoms with Crippen LogP contribution in [0.2, 0.25) is 0 Å². The van der Waals surface area contributed by atoms with Crippen LogP contribution in [0.4, 0.5) is 5.69 Å². The van der Waals surface area contributed by atoms with Crippen molar-refractivity contribution in [3.8, 4) is 5.75 Å². The molecule has 6 nitrogen and oxygen atoms in total. The molecule has 0 radical (unpaired) electrons. The van der Waals surface area contributed by atoms with Crippen molar-refractivity contribution in [2.75, 3.05) is 56.2 Å². The normalized spacial score (nSPS) is 22.8. The molecule has 2 saturated heterocycles. The molecule has 1 unspecified atom stereocenters. The molecule has 0 aromatic heterocycles. The number of thioether (sulfide) groups is 1. The number of fused-ring (bicyclic) bond motifs is 1. The van der Waals surface area contributed by atoms with Crippen LogP contribution in [0.5, 0.6) is 5.75 Å². The number of carbonyl (C=O) groups is 2. The van der Waals surface area contributed by atoms with E-state index in [1.807, 2.05) is 39.8 Å². The predicted octanol–water partition coefficient (Wildman–Crippen LogP) is 2.01. The number of anilines is 1. The van der Waals surface area contributed by atoms with E-state index in [0.29, 0.717) is 6.54 Å². The summed E-state index contributed by atoms with van der Waals surface area (Å²) in [5, 5.41) is 0. The van der Waals surface area contributed by atoms with Gasteiger partial charge in [0.1, 0.15) is 5.75 Å². The van der Waals surface area contributed by atoms with E-state index < -0.39 is 0 Å². The van der Waals surface area contributed by atoms with Crippen LogP contribution in [-0.2, 0) is 16.0 Å². The minimum absolute atomic E-state index is 0.0972. The molecule has 2 fully saturated rings. The summed E-state index contributed by atoms with van der Waals surface area (Å²) in [5.41, 5.74) is 2.16. The number of carbonyl (C=O) groups excluding carboxylic acids is 2. The number of likely N-dealkylation sites (tertiary alicyclic amines) is 1. The van der Waals surface area contributed by atoms with E-state index >= 15 is 0 Å². The Kier molecular flexibility index (Phi) is 6.11. The van der Waals surface area contributed by atoms with Crippen molar-refractivity contribution in [1.29, 1.82) is 0 Å². The van der Waals surface area contributed by atoms with Gasteiger partial charge >= 0.3 is 0 Å². The molecule has 3 aliphatic rings. The van der Waals surface area contributed by atoms with Gasteiger partial charge < -0.3 is 14.5 Å². The van der Waals surface area contributed by atoms with Gasteiger partial charge in [-0.3, -0.25) is 14.5 Å². The lowest BCUT2D eigenvalue weighted by Gasteiger charge is -2.34. The molecule has 2 amide bonds. The summed E-state index contributed by atoms with van der Waals surface area (Å²) in [6.45, 7) is 3.57. The Morgan fingerprint density at radius 3 is 2.75 bits per heavy atom. The van der Waals surface area contributed by atoms with Crippen molar-refractivity contribution in [3.63, 3.8) is 0 Å². The van der Waals surface area contributed by atoms with Crippen molar-refractivity contribution >= 4 is 29.3 Å². The number of aryl methyl sites for hydroxylation is 1. The van der Waals surface area contributed by atoms with Crippen LogP contribution < -0.4 is 9.64 Å². The highest BCUT2D eigenvalue weighted by Crippen LogP contribution is 2.31. The van der Waals surface area contributed by atoms with Crippen LogP contribution in [0.1, 0.15) is 24.8 Å². The molecule has 152 valence electrons. The van der Waals surface area contributed by atoms with E-state index in [2.05, 4.69) is 4.90 Å². The van der Waals surface area contributed by atoms with E-state index in [0.717, 1.165) is 74.8 Å². The topological polar surface area (TPSA) is 53.1 Å². The predicted molar refractivity (Wildman–Crippen MR) is 112 cm³/mol. The lowest BCUT2D eigenvalue weighted by molar-refractivity contribution is -0.136. The van der Waals surface area contributed by atoms with Gasteiger partial charge in [-0.1, -0.05) is 0 Å². The summed E-state index contributed by atoms with van der Waals surface area (Å²) < 4.78 is 5.33. The summed E-state index contributed by atoms with van der Waals surface area (Å²) in [5.74, 6) is 3.18. The number of nitrogens with zero attached hydrogens (tertiary/aromatic N) is 3. The number of benzene rings is 1. The van der Waals surface area contributed by atoms with Gasteiger partial charge in [0.25, 0.3) is 0 Å². The van der Waals surface area contributed by atoms with E-state index in [9.17, 15) is 9.59 Å². The third kappa shape index (κ3) is 4.01. The van der Waals surface area contributed by atoms with Crippen LogP contribution in [0.3, 0.4) is 0 Å². The maximum atomic E-state index is 13.1. The number of hydrogen-bond donors (Lipinski definition) is 0. The molecular formula is C21H29N3O3S. The van der Waals surface area contributed by atoms with Crippen LogP contribution in [0, 0.1) is 0 Å². The van der Waals surface area contributed by atoms with E-state index in [1.165, 1.54) is 5.56 Å². The van der Waals surface area contributed by atoms with Crippen LogP contribution in [0.25, 0.3) is 0 Å². The number of methoxy groups -OCH3 is 1. The fourth-order valence-electron chi connectivity index (χ4n) is 4.51. The smallest absolute Gasteiger partial charge is 0.241 e. The molecule has 3 aliphatic heterocycles. The van der Waals surface area contributed by atoms with Crippen LogP contribution in [0.15, 0.2) is 18.2 Å². The molecule has 3 heterocycles. The van der Waals surface area contributed by atoms with E-state index in [1.54, 1.807) is 7.11 Å². The Morgan fingerprint density at radius 2 is 1.96 bits per heavy atom. The molecule has 1 aromatic carbocycles. The van der Waals surface area contributed by atoms with Gasteiger partial charge in [0, 0.05) is 36.8 Å². The monoisotopic (exact) mass is 403 g/mol. The zero-order chi connectivity index (χ0) is 19.5. The molecule has 4 rings (SSSR count). The molecule has 0 saturated carbocycles. The van der Waals surface area contributed by atoms with Gasteiger partial charge in [0.05, 0.1) is 19.7 Å². The van der Waals surface area contributed by atoms with Crippen LogP contribution in [-0.4, -0.2) is 79.0 Å². The zero-order valence-corrected chi connectivity index (χ0v) is 17.4. The SMILES string of the molecule is COc1ccc2c(c1)CCCN2C(=O)CN1CCCC1C(=O)N1CCSCC1. The van der Waals surface area contributed by atoms with Gasteiger partial charge in [-0.25, -0.2) is 0 Å². The summed E-state index contributed by atoms with van der Waals surface area (Å²) in [6.07, 6.45) is 3.78. The van der Waals surface area contributed by atoms with Gasteiger partial charge in [-0.2, -0.15) is 11.8 Å². The molecule has 0 spiro atoms. The zero-order valence-electron chi connectivity index (χ0n) is 16.6. The standard InChI is InChI=1S/C21H29N3O3S/c1-27-17-6-7-18-16(14-17)4-2-9-24(18)20(25)15-23-8-3-5-19(23)21(26)22-10-12-28-13-11-22/h6-7,14,19H,2-5,8-13,15H2,1H3. The fourth-order valence-corrected chi connectivity index (χ4v) is 5.41. The minimum Gasteiger partial charge on any atom is -0.497 e. The quantitative estimate of drug-likeness (QED) is 0.770. The first-order chi connectivity index (χ1) is 13.7. The second kappa shape index (κ2) is 8.74. The average molecular weight is 404 g/mol. The molecule has 1 aromatic rings. The third-order valence-corrected chi connectivity index (χ3v) is 6.96. The Balaban J connectivity index is 1.44. The fraction of sp³-hybridized carbons (Fsp3) is 0.619. The van der Waals surface area contributed by atoms with E-state index in [-0.39, 0.29) is 17.9 Å². The Bertz CT molecular complexity index is 736. The second-order valence-electron chi connectivity index (χ2n) is 7.71. The highest BCUT2D eigenvalue weighted by Gasteiger charge is 2.36. The first-order valence-electron chi connectivity index (χ1n) is 10.3. The highest BCUT2D eigenvalue weighted by molar-refractivity contribution is 7.99. The molecular weight excluding hydrogens is 374 g/mol. The van der Waals surface area contributed by atoms with Crippen molar-refractivity contribution in [2.24, 2.45) is 0 Å². The molecule has 0 aliphatic carbocycles. The third-order valence-electron chi connectivity index (χ3n) is 6.02. The second-order valence-corrected chi connectivity index (χ2v) is 8.93. The lowest BCUT2D eigenvalue weighted by atomic mass is 10.0. The lowest BCUT2D eigenvalue weighted by Crippen LogP contribution is -2.51. The van der Waals surface area contributed by atoms with Gasteiger partial charge in [0.2, 0.25) is 11.8 Å². The van der Waals surface area contributed by atoms with Crippen molar-refractivity contribution in [1.82, 2.24) is 9.80 Å². The largest absolute Gasteiger partial charge is 0.497 e. The number of ether oxygens (including phenoxy) is 1. The van der Waals surface area contributed by atoms with Gasteiger partial charge in [-0.15, -0.1) is 0 Å². The Morgan fingerprint density at radius 1 is 1.14 bits per heavy atom. The van der Waals surface area contributed by atoms with Gasteiger partial charge in [0.15, 0.2) is 0 Å². The highest BCUT2D eigenvalue weighted by atomic mass is 32.2. The molecule has 7 heteroatoms. The van der Waals surface area contributed by atoms with Crippen LogP contribution >= 0.6 is 11.8 Å². The average Bonchev–Trinajstić information content (AvgIpc) is 3.20. The first kappa shape index (κ1) is 19.6. The van der Waals surface area contributed by atoms with Crippen molar-refractivity contribution < 1.29 is 14.3 Å². The maximum Gasteiger partial charge on any atom is 0.241 e. The Labute approximate surface area is 171 Å². The number of hydrogen-bond acceptors (Lipinski definition) is 5. The maximum absolute atomic E-state index is 13.1. The summed E-state index contributed by atoms with van der Waals surface area (Å²) in [4.78, 5) is 32.1. The van der Waals surface area contributed by atoms with Crippen molar-refractivity contribution in [3.05, 3.63) is 23.8 Å². The Hall–Kier alpha value is -1.73. The molecule has 1 atom stereocenters. The molecule has 0 bridgehead atoms. The summed E-state index contributed by atoms with van der Waals surface area (Å²) in [7, 11) is 1.67. The first-order valence-corrected chi connectivity index (χ1v) is 11.4. The molecule has 28 heavy (non-hydrogen) atoms. The molecule has 0 N–H and O–H groups in total. The van der Waals surface area contributed by atoms with Crippen molar-refractivity contribution in [2.45, 2.75) is 31.7 Å². The van der Waals surface area contributed by atoms with E-state index in [4.69, 9.17) is 4.74 Å². The summed E-state index contributed by atoms with van der Waals surface area (Å²) in [6, 6.07) is 5.81. The number of rotatable bonds is 4. The number of amides is 2. The van der Waals surface area contributed by atoms with Gasteiger partial charge in [-0.05, 0) is 56.0 Å².